The van der Waals surface area contributed by atoms with Crippen molar-refractivity contribution in [3.63, 3.8) is 0 Å². The summed E-state index contributed by atoms with van der Waals surface area (Å²) in [5, 5.41) is 0. The first-order valence-electron chi connectivity index (χ1n) is 5.56. The molecule has 4 heteroatoms. The minimum atomic E-state index is -0.272. The van der Waals surface area contributed by atoms with Crippen LogP contribution in [0.25, 0.3) is 22.4 Å². The third-order valence-corrected chi connectivity index (χ3v) is 3.52. The topological polar surface area (TPSA) is 28.7 Å². The van der Waals surface area contributed by atoms with Crippen LogP contribution >= 0.6 is 15.9 Å². The molecule has 90 valence electrons. The highest BCUT2D eigenvalue weighted by atomic mass is 79.9. The molecule has 0 bridgehead atoms. The number of aromatic amines is 1. The smallest absolute Gasteiger partial charge is 0.138 e. The lowest BCUT2D eigenvalue weighted by Gasteiger charge is -1.98. The monoisotopic (exact) mass is 304 g/mol. The number of para-hydroxylation sites is 1. The maximum atomic E-state index is 13.2. The van der Waals surface area contributed by atoms with Gasteiger partial charge in [0.1, 0.15) is 11.6 Å². The van der Waals surface area contributed by atoms with Crippen LogP contribution in [0.3, 0.4) is 0 Å². The van der Waals surface area contributed by atoms with Gasteiger partial charge in [-0.05, 0) is 52.7 Å². The first-order chi connectivity index (χ1) is 8.65. The van der Waals surface area contributed by atoms with E-state index in [0.717, 1.165) is 28.0 Å². The van der Waals surface area contributed by atoms with Gasteiger partial charge in [0.15, 0.2) is 0 Å². The highest BCUT2D eigenvalue weighted by molar-refractivity contribution is 9.10. The van der Waals surface area contributed by atoms with Crippen LogP contribution in [0.2, 0.25) is 0 Å². The number of fused-ring (bicyclic) bond motifs is 1. The van der Waals surface area contributed by atoms with Crippen LogP contribution in [0.4, 0.5) is 4.39 Å². The normalized spacial score (nSPS) is 11.1. The molecule has 3 aromatic rings. The molecular weight excluding hydrogens is 295 g/mol. The van der Waals surface area contributed by atoms with E-state index < -0.39 is 0 Å². The number of imidazole rings is 1. The van der Waals surface area contributed by atoms with E-state index >= 15 is 0 Å². The summed E-state index contributed by atoms with van der Waals surface area (Å²) in [6.07, 6.45) is 0. The lowest BCUT2D eigenvalue weighted by Crippen LogP contribution is -1.83. The molecular formula is C14H10BrFN2. The first kappa shape index (κ1) is 11.4. The molecule has 2 aromatic carbocycles. The second-order valence-electron chi connectivity index (χ2n) is 4.19. The Morgan fingerprint density at radius 3 is 2.78 bits per heavy atom. The van der Waals surface area contributed by atoms with Gasteiger partial charge in [0.05, 0.1) is 15.5 Å². The van der Waals surface area contributed by atoms with Crippen LogP contribution in [0.5, 0.6) is 0 Å². The van der Waals surface area contributed by atoms with E-state index in [4.69, 9.17) is 0 Å². The Morgan fingerprint density at radius 1 is 1.22 bits per heavy atom. The van der Waals surface area contributed by atoms with Gasteiger partial charge in [0.25, 0.3) is 0 Å². The molecule has 0 spiro atoms. The molecule has 0 aliphatic heterocycles. The number of benzene rings is 2. The Bertz CT molecular complexity index is 734. The lowest BCUT2D eigenvalue weighted by molar-refractivity contribution is 0.621. The summed E-state index contributed by atoms with van der Waals surface area (Å²) >= 11 is 3.18. The average Bonchev–Trinajstić information content (AvgIpc) is 2.78. The standard InChI is InChI=1S/C14H10BrFN2/c1-8-3-2-4-12-13(8)18-14(17-12)9-5-6-11(16)10(15)7-9/h2-7H,1H3,(H,17,18). The van der Waals surface area contributed by atoms with Gasteiger partial charge in [0.2, 0.25) is 0 Å². The molecule has 1 N–H and O–H groups in total. The summed E-state index contributed by atoms with van der Waals surface area (Å²) in [4.78, 5) is 7.80. The molecule has 2 nitrogen and oxygen atoms in total. The first-order valence-corrected chi connectivity index (χ1v) is 6.35. The fraction of sp³-hybridized carbons (Fsp3) is 0.0714. The SMILES string of the molecule is Cc1cccc2[nH]c(-c3ccc(F)c(Br)c3)nc12. The number of rotatable bonds is 1. The summed E-state index contributed by atoms with van der Waals surface area (Å²) in [5.41, 5.74) is 3.92. The molecule has 0 unspecified atom stereocenters. The molecule has 1 aromatic heterocycles. The minimum absolute atomic E-state index is 0.272. The van der Waals surface area contributed by atoms with Gasteiger partial charge < -0.3 is 4.98 Å². The van der Waals surface area contributed by atoms with Crippen molar-refractivity contribution in [2.75, 3.05) is 0 Å². The number of nitrogens with one attached hydrogen (secondary N) is 1. The Morgan fingerprint density at radius 2 is 2.06 bits per heavy atom. The molecule has 0 atom stereocenters. The molecule has 0 aliphatic carbocycles. The van der Waals surface area contributed by atoms with Gasteiger partial charge >= 0.3 is 0 Å². The maximum absolute atomic E-state index is 13.2. The fourth-order valence-corrected chi connectivity index (χ4v) is 2.33. The zero-order chi connectivity index (χ0) is 12.7. The predicted molar refractivity (Wildman–Crippen MR) is 73.9 cm³/mol. The molecule has 1 heterocycles. The largest absolute Gasteiger partial charge is 0.338 e. The summed E-state index contributed by atoms with van der Waals surface area (Å²) < 4.78 is 13.6. The number of hydrogen-bond acceptors (Lipinski definition) is 1. The Kier molecular flexibility index (Phi) is 2.67. The number of aryl methyl sites for hydroxylation is 1. The van der Waals surface area contributed by atoms with Crippen LogP contribution < -0.4 is 0 Å². The molecule has 0 saturated carbocycles. The van der Waals surface area contributed by atoms with Crippen LogP contribution in [-0.2, 0) is 0 Å². The highest BCUT2D eigenvalue weighted by Gasteiger charge is 2.08. The van der Waals surface area contributed by atoms with Gasteiger partial charge in [-0.3, -0.25) is 0 Å². The maximum Gasteiger partial charge on any atom is 0.138 e. The van der Waals surface area contributed by atoms with E-state index in [1.165, 1.54) is 6.07 Å². The Balaban J connectivity index is 2.19. The second-order valence-corrected chi connectivity index (χ2v) is 5.04. The van der Waals surface area contributed by atoms with Crippen LogP contribution in [0.15, 0.2) is 40.9 Å². The van der Waals surface area contributed by atoms with Crippen molar-refractivity contribution in [3.8, 4) is 11.4 Å². The van der Waals surface area contributed by atoms with Gasteiger partial charge in [-0.15, -0.1) is 0 Å². The lowest BCUT2D eigenvalue weighted by atomic mass is 10.2. The summed E-state index contributed by atoms with van der Waals surface area (Å²) in [5.74, 6) is 0.478. The number of halogens is 2. The summed E-state index contributed by atoms with van der Waals surface area (Å²) in [7, 11) is 0. The van der Waals surface area contributed by atoms with Crippen molar-refractivity contribution in [2.45, 2.75) is 6.92 Å². The fourth-order valence-electron chi connectivity index (χ4n) is 1.96. The van der Waals surface area contributed by atoms with Gasteiger partial charge in [0, 0.05) is 5.56 Å². The number of aromatic nitrogens is 2. The molecule has 0 amide bonds. The Hall–Kier alpha value is -1.68. The second kappa shape index (κ2) is 4.21. The zero-order valence-electron chi connectivity index (χ0n) is 9.67. The highest BCUT2D eigenvalue weighted by Crippen LogP contribution is 2.26. The molecule has 0 radical (unpaired) electrons. The molecule has 0 saturated heterocycles. The predicted octanol–water partition coefficient (Wildman–Crippen LogP) is 4.44. The number of nitrogens with zero attached hydrogens (tertiary/aromatic N) is 1. The van der Waals surface area contributed by atoms with Crippen molar-refractivity contribution < 1.29 is 4.39 Å². The van der Waals surface area contributed by atoms with Crippen molar-refractivity contribution in [2.24, 2.45) is 0 Å². The zero-order valence-corrected chi connectivity index (χ0v) is 11.3. The van der Waals surface area contributed by atoms with E-state index in [9.17, 15) is 4.39 Å². The van der Waals surface area contributed by atoms with E-state index in [2.05, 4.69) is 25.9 Å². The molecule has 0 aliphatic rings. The Labute approximate surface area is 112 Å². The minimum Gasteiger partial charge on any atom is -0.338 e. The van der Waals surface area contributed by atoms with Crippen molar-refractivity contribution in [1.82, 2.24) is 9.97 Å². The van der Waals surface area contributed by atoms with E-state index in [1.54, 1.807) is 12.1 Å². The molecule has 3 rings (SSSR count). The third-order valence-electron chi connectivity index (χ3n) is 2.91. The van der Waals surface area contributed by atoms with Gasteiger partial charge in [-0.1, -0.05) is 12.1 Å². The van der Waals surface area contributed by atoms with Gasteiger partial charge in [-0.25, -0.2) is 9.37 Å². The van der Waals surface area contributed by atoms with Gasteiger partial charge in [-0.2, -0.15) is 0 Å². The van der Waals surface area contributed by atoms with E-state index in [1.807, 2.05) is 25.1 Å². The third kappa shape index (κ3) is 1.82. The van der Waals surface area contributed by atoms with Crippen LogP contribution in [-0.4, -0.2) is 9.97 Å². The van der Waals surface area contributed by atoms with Crippen LogP contribution in [0.1, 0.15) is 5.56 Å². The quantitative estimate of drug-likeness (QED) is 0.707. The molecule has 18 heavy (non-hydrogen) atoms. The van der Waals surface area contributed by atoms with E-state index in [0.29, 0.717) is 4.47 Å². The number of H-pyrrole nitrogens is 1. The molecule has 0 fully saturated rings. The van der Waals surface area contributed by atoms with Crippen LogP contribution in [0, 0.1) is 12.7 Å². The summed E-state index contributed by atoms with van der Waals surface area (Å²) in [6, 6.07) is 10.9. The van der Waals surface area contributed by atoms with E-state index in [-0.39, 0.29) is 5.82 Å². The average molecular weight is 305 g/mol. The number of hydrogen-bond donors (Lipinski definition) is 1. The van der Waals surface area contributed by atoms with Crippen molar-refractivity contribution in [1.29, 1.82) is 0 Å². The van der Waals surface area contributed by atoms with Crippen molar-refractivity contribution in [3.05, 3.63) is 52.3 Å². The van der Waals surface area contributed by atoms with Crippen molar-refractivity contribution >= 4 is 27.0 Å². The summed E-state index contributed by atoms with van der Waals surface area (Å²) in [6.45, 7) is 2.02.